The van der Waals surface area contributed by atoms with E-state index >= 15 is 0 Å². The van der Waals surface area contributed by atoms with Crippen LogP contribution in [0.3, 0.4) is 0 Å². The normalized spacial score (nSPS) is 9.85. The molecule has 0 atom stereocenters. The summed E-state index contributed by atoms with van der Waals surface area (Å²) in [6.45, 7) is 0.717. The minimum atomic E-state index is -1.82. The number of aliphatic carboxylic acids is 2. The van der Waals surface area contributed by atoms with E-state index in [1.807, 2.05) is 29.8 Å². The van der Waals surface area contributed by atoms with Crippen LogP contribution in [0.4, 0.5) is 10.3 Å². The smallest absolute Gasteiger partial charge is 0.414 e. The van der Waals surface area contributed by atoms with Crippen molar-refractivity contribution in [2.45, 2.75) is 6.54 Å². The van der Waals surface area contributed by atoms with Crippen LogP contribution in [-0.2, 0) is 23.2 Å². The van der Waals surface area contributed by atoms with E-state index in [9.17, 15) is 4.39 Å². The first-order chi connectivity index (χ1) is 12.9. The Morgan fingerprint density at radius 3 is 2.19 bits per heavy atom. The lowest BCUT2D eigenvalue weighted by molar-refractivity contribution is -0.159. The maximum Gasteiger partial charge on any atom is 0.414 e. The summed E-state index contributed by atoms with van der Waals surface area (Å²) in [5.41, 5.74) is 3.09. The van der Waals surface area contributed by atoms with Crippen molar-refractivity contribution in [3.05, 3.63) is 72.2 Å². The predicted octanol–water partition coefficient (Wildman–Crippen LogP) is 2.99. The summed E-state index contributed by atoms with van der Waals surface area (Å²) in [5.74, 6) is -3.09. The number of anilines is 1. The maximum absolute atomic E-state index is 13.0. The molecule has 3 rings (SSSR count). The van der Waals surface area contributed by atoms with Gasteiger partial charge < -0.3 is 20.1 Å². The van der Waals surface area contributed by atoms with E-state index in [2.05, 4.69) is 22.4 Å². The van der Waals surface area contributed by atoms with Crippen LogP contribution in [0.5, 0.6) is 0 Å². The van der Waals surface area contributed by atoms with Gasteiger partial charge >= 0.3 is 11.9 Å². The molecule has 0 amide bonds. The van der Waals surface area contributed by atoms with E-state index in [0.717, 1.165) is 17.2 Å². The molecule has 0 bridgehead atoms. The molecule has 0 spiro atoms. The standard InChI is InChI=1S/C17H16FN3.C2H2O4/c1-21-16(14-7-9-15(18)10-8-14)12-20-17(21)19-11-13-5-3-2-4-6-13;3-1(4)2(5)6/h2-10,12H,11H2,1H3,(H,19,20);(H,3,4)(H,5,6). The Labute approximate surface area is 154 Å². The van der Waals surface area contributed by atoms with Gasteiger partial charge in [-0.25, -0.2) is 19.0 Å². The van der Waals surface area contributed by atoms with Gasteiger partial charge in [0.15, 0.2) is 0 Å². The van der Waals surface area contributed by atoms with Crippen LogP contribution in [0, 0.1) is 5.82 Å². The monoisotopic (exact) mass is 371 g/mol. The fourth-order valence-corrected chi connectivity index (χ4v) is 2.24. The maximum atomic E-state index is 13.0. The molecule has 1 heterocycles. The summed E-state index contributed by atoms with van der Waals surface area (Å²) < 4.78 is 15.0. The number of aromatic nitrogens is 2. The van der Waals surface area contributed by atoms with E-state index in [1.54, 1.807) is 18.3 Å². The Morgan fingerprint density at radius 1 is 1.04 bits per heavy atom. The summed E-state index contributed by atoms with van der Waals surface area (Å²) >= 11 is 0. The van der Waals surface area contributed by atoms with Gasteiger partial charge in [0.2, 0.25) is 5.95 Å². The Hall–Kier alpha value is -3.68. The molecular weight excluding hydrogens is 353 g/mol. The van der Waals surface area contributed by atoms with Gasteiger partial charge in [-0.15, -0.1) is 0 Å². The van der Waals surface area contributed by atoms with Crippen LogP contribution in [0.2, 0.25) is 0 Å². The molecule has 0 unspecified atom stereocenters. The Bertz CT molecular complexity index is 896. The third kappa shape index (κ3) is 5.67. The van der Waals surface area contributed by atoms with Crippen molar-refractivity contribution >= 4 is 17.9 Å². The number of carboxylic acid groups (broad SMARTS) is 2. The molecule has 2 aromatic carbocycles. The van der Waals surface area contributed by atoms with Crippen molar-refractivity contribution in [1.82, 2.24) is 9.55 Å². The molecular formula is C19H18FN3O4. The van der Waals surface area contributed by atoms with Crippen LogP contribution in [0.25, 0.3) is 11.3 Å². The molecule has 27 heavy (non-hydrogen) atoms. The van der Waals surface area contributed by atoms with Crippen molar-refractivity contribution < 1.29 is 24.2 Å². The zero-order valence-electron chi connectivity index (χ0n) is 14.5. The highest BCUT2D eigenvalue weighted by Gasteiger charge is 2.08. The van der Waals surface area contributed by atoms with E-state index in [4.69, 9.17) is 19.8 Å². The summed E-state index contributed by atoms with van der Waals surface area (Å²) in [4.78, 5) is 22.6. The Balaban J connectivity index is 0.000000380. The van der Waals surface area contributed by atoms with Gasteiger partial charge in [0.1, 0.15) is 5.82 Å². The van der Waals surface area contributed by atoms with Crippen molar-refractivity contribution in [2.24, 2.45) is 7.05 Å². The average Bonchev–Trinajstić information content (AvgIpc) is 3.02. The van der Waals surface area contributed by atoms with Crippen molar-refractivity contribution in [3.8, 4) is 11.3 Å². The number of carboxylic acids is 2. The highest BCUT2D eigenvalue weighted by molar-refractivity contribution is 6.27. The highest BCUT2D eigenvalue weighted by atomic mass is 19.1. The number of imidazole rings is 1. The van der Waals surface area contributed by atoms with Crippen molar-refractivity contribution in [1.29, 1.82) is 0 Å². The lowest BCUT2D eigenvalue weighted by Crippen LogP contribution is -2.09. The number of carbonyl (C=O) groups is 2. The van der Waals surface area contributed by atoms with Crippen LogP contribution in [-0.4, -0.2) is 31.7 Å². The van der Waals surface area contributed by atoms with Gasteiger partial charge in [0, 0.05) is 19.2 Å². The van der Waals surface area contributed by atoms with Gasteiger partial charge in [-0.2, -0.15) is 0 Å². The Kier molecular flexibility index (Phi) is 6.65. The lowest BCUT2D eigenvalue weighted by Gasteiger charge is -2.08. The molecule has 0 saturated carbocycles. The van der Waals surface area contributed by atoms with Crippen LogP contribution < -0.4 is 5.32 Å². The van der Waals surface area contributed by atoms with E-state index in [-0.39, 0.29) is 5.82 Å². The average molecular weight is 371 g/mol. The number of halogens is 1. The third-order valence-electron chi connectivity index (χ3n) is 3.60. The first kappa shape index (κ1) is 19.6. The molecule has 7 nitrogen and oxygen atoms in total. The zero-order chi connectivity index (χ0) is 19.8. The van der Waals surface area contributed by atoms with E-state index in [1.165, 1.54) is 17.7 Å². The second-order valence-electron chi connectivity index (χ2n) is 5.48. The van der Waals surface area contributed by atoms with Gasteiger partial charge in [0.05, 0.1) is 11.9 Å². The fourth-order valence-electron chi connectivity index (χ4n) is 2.24. The van der Waals surface area contributed by atoms with Crippen LogP contribution in [0.15, 0.2) is 60.8 Å². The molecule has 140 valence electrons. The molecule has 0 fully saturated rings. The van der Waals surface area contributed by atoms with E-state index < -0.39 is 11.9 Å². The van der Waals surface area contributed by atoms with Crippen LogP contribution >= 0.6 is 0 Å². The minimum absolute atomic E-state index is 0.233. The van der Waals surface area contributed by atoms with Crippen molar-refractivity contribution in [3.63, 3.8) is 0 Å². The third-order valence-corrected chi connectivity index (χ3v) is 3.60. The molecule has 0 saturated heterocycles. The summed E-state index contributed by atoms with van der Waals surface area (Å²) in [5, 5.41) is 18.1. The van der Waals surface area contributed by atoms with Gasteiger partial charge in [-0.3, -0.25) is 0 Å². The molecule has 0 radical (unpaired) electrons. The highest BCUT2D eigenvalue weighted by Crippen LogP contribution is 2.22. The largest absolute Gasteiger partial charge is 0.473 e. The summed E-state index contributed by atoms with van der Waals surface area (Å²) in [7, 11) is 1.94. The first-order valence-corrected chi connectivity index (χ1v) is 7.90. The van der Waals surface area contributed by atoms with Crippen molar-refractivity contribution in [2.75, 3.05) is 5.32 Å². The number of nitrogens with one attached hydrogen (secondary N) is 1. The minimum Gasteiger partial charge on any atom is -0.473 e. The second-order valence-corrected chi connectivity index (χ2v) is 5.48. The molecule has 0 aliphatic rings. The number of hydrogen-bond acceptors (Lipinski definition) is 4. The summed E-state index contributed by atoms with van der Waals surface area (Å²) in [6.07, 6.45) is 1.79. The second kappa shape index (κ2) is 9.14. The molecule has 3 aromatic rings. The van der Waals surface area contributed by atoms with Gasteiger partial charge in [-0.05, 0) is 29.8 Å². The molecule has 1 aromatic heterocycles. The quantitative estimate of drug-likeness (QED) is 0.609. The number of nitrogens with zero attached hydrogens (tertiary/aromatic N) is 2. The topological polar surface area (TPSA) is 104 Å². The number of hydrogen-bond donors (Lipinski definition) is 3. The molecule has 0 aliphatic carbocycles. The number of rotatable bonds is 4. The molecule has 3 N–H and O–H groups in total. The summed E-state index contributed by atoms with van der Waals surface area (Å²) in [6, 6.07) is 16.6. The molecule has 0 aliphatic heterocycles. The van der Waals surface area contributed by atoms with E-state index in [0.29, 0.717) is 6.54 Å². The Morgan fingerprint density at radius 2 is 1.63 bits per heavy atom. The van der Waals surface area contributed by atoms with Gasteiger partial charge in [0.25, 0.3) is 0 Å². The SMILES string of the molecule is Cn1c(-c2ccc(F)cc2)cnc1NCc1ccccc1.O=C(O)C(=O)O. The molecule has 8 heteroatoms. The zero-order valence-corrected chi connectivity index (χ0v) is 14.5. The number of benzene rings is 2. The van der Waals surface area contributed by atoms with Gasteiger partial charge in [-0.1, -0.05) is 30.3 Å². The fraction of sp³-hybridized carbons (Fsp3) is 0.105. The van der Waals surface area contributed by atoms with Crippen LogP contribution in [0.1, 0.15) is 5.56 Å². The predicted molar refractivity (Wildman–Crippen MR) is 97.6 cm³/mol. The lowest BCUT2D eigenvalue weighted by atomic mass is 10.2. The first-order valence-electron chi connectivity index (χ1n) is 7.90.